The highest BCUT2D eigenvalue weighted by molar-refractivity contribution is 9.10. The maximum absolute atomic E-state index is 5.84. The molecule has 0 aliphatic carbocycles. The summed E-state index contributed by atoms with van der Waals surface area (Å²) in [6, 6.07) is 5.60. The number of hydrogen-bond donors (Lipinski definition) is 1. The van der Waals surface area contributed by atoms with Gasteiger partial charge >= 0.3 is 0 Å². The van der Waals surface area contributed by atoms with Crippen LogP contribution < -0.4 is 10.5 Å². The summed E-state index contributed by atoms with van der Waals surface area (Å²) in [5.74, 6) is 1.08. The molecule has 1 aromatic carbocycles. The van der Waals surface area contributed by atoms with E-state index in [0.29, 0.717) is 21.8 Å². The molecule has 1 heterocycles. The number of halogens is 1. The topological polar surface area (TPSA) is 61.0 Å². The Hall–Kier alpha value is -1.62. The van der Waals surface area contributed by atoms with Crippen LogP contribution in [0, 0.1) is 6.92 Å². The van der Waals surface area contributed by atoms with Crippen molar-refractivity contribution in [1.29, 1.82) is 0 Å². The smallest absolute Gasteiger partial charge is 0.236 e. The van der Waals surface area contributed by atoms with E-state index in [4.69, 9.17) is 10.5 Å². The van der Waals surface area contributed by atoms with E-state index in [1.165, 1.54) is 6.33 Å². The van der Waals surface area contributed by atoms with E-state index in [1.807, 2.05) is 19.1 Å². The molecule has 2 rings (SSSR count). The molecule has 4 nitrogen and oxygen atoms in total. The summed E-state index contributed by atoms with van der Waals surface area (Å²) >= 11 is 3.31. The summed E-state index contributed by atoms with van der Waals surface area (Å²) in [7, 11) is 0. The van der Waals surface area contributed by atoms with Gasteiger partial charge in [0, 0.05) is 6.20 Å². The average Bonchev–Trinajstić information content (AvgIpc) is 2.26. The molecule has 0 atom stereocenters. The van der Waals surface area contributed by atoms with Gasteiger partial charge in [0.2, 0.25) is 5.88 Å². The predicted octanol–water partition coefficient (Wildman–Crippen LogP) is 2.92. The highest BCUT2D eigenvalue weighted by atomic mass is 79.9. The van der Waals surface area contributed by atoms with Gasteiger partial charge in [-0.3, -0.25) is 0 Å². The van der Waals surface area contributed by atoms with Crippen LogP contribution in [0.5, 0.6) is 11.6 Å². The van der Waals surface area contributed by atoms with Crippen LogP contribution >= 0.6 is 15.9 Å². The van der Waals surface area contributed by atoms with Gasteiger partial charge in [0.05, 0.1) is 10.2 Å². The lowest BCUT2D eigenvalue weighted by Gasteiger charge is -2.10. The zero-order valence-electron chi connectivity index (χ0n) is 8.64. The average molecular weight is 280 g/mol. The third-order valence-corrected chi connectivity index (χ3v) is 2.62. The Morgan fingerprint density at radius 2 is 2.19 bits per heavy atom. The Morgan fingerprint density at radius 1 is 1.38 bits per heavy atom. The van der Waals surface area contributed by atoms with Gasteiger partial charge in [-0.15, -0.1) is 0 Å². The summed E-state index contributed by atoms with van der Waals surface area (Å²) < 4.78 is 6.34. The Balaban J connectivity index is 2.38. The van der Waals surface area contributed by atoms with Crippen LogP contribution in [-0.4, -0.2) is 9.97 Å². The molecule has 0 spiro atoms. The number of nitrogen functional groups attached to an aromatic ring is 1. The first-order valence-corrected chi connectivity index (χ1v) is 5.46. The van der Waals surface area contributed by atoms with Crippen molar-refractivity contribution in [3.8, 4) is 11.6 Å². The first-order valence-electron chi connectivity index (χ1n) is 4.67. The van der Waals surface area contributed by atoms with Gasteiger partial charge in [0.25, 0.3) is 0 Å². The van der Waals surface area contributed by atoms with Crippen LogP contribution in [-0.2, 0) is 0 Å². The molecule has 1 aromatic heterocycles. The Kier molecular flexibility index (Phi) is 3.05. The van der Waals surface area contributed by atoms with Crippen molar-refractivity contribution < 1.29 is 4.74 Å². The number of anilines is 1. The molecule has 0 aliphatic rings. The Morgan fingerprint density at radius 3 is 2.88 bits per heavy atom. The molecule has 0 saturated heterocycles. The van der Waals surface area contributed by atoms with Gasteiger partial charge in [0.15, 0.2) is 5.75 Å². The largest absolute Gasteiger partial charge is 0.435 e. The maximum atomic E-state index is 5.84. The molecule has 16 heavy (non-hydrogen) atoms. The number of rotatable bonds is 2. The number of ether oxygens (including phenoxy) is 1. The van der Waals surface area contributed by atoms with Crippen molar-refractivity contribution in [2.24, 2.45) is 0 Å². The second-order valence-corrected chi connectivity index (χ2v) is 4.13. The van der Waals surface area contributed by atoms with Crippen LogP contribution in [0.2, 0.25) is 0 Å². The zero-order valence-corrected chi connectivity index (χ0v) is 10.2. The summed E-state index contributed by atoms with van der Waals surface area (Å²) in [4.78, 5) is 7.88. The van der Waals surface area contributed by atoms with Gasteiger partial charge in [-0.05, 0) is 34.5 Å². The SMILES string of the molecule is Cc1cccc(N)c1Oc1ncncc1Br. The summed E-state index contributed by atoms with van der Waals surface area (Å²) in [6.45, 7) is 1.93. The molecular formula is C11H10BrN3O. The minimum absolute atomic E-state index is 0.455. The first kappa shape index (κ1) is 10.9. The molecule has 0 radical (unpaired) electrons. The van der Waals surface area contributed by atoms with Crippen LogP contribution in [0.15, 0.2) is 35.2 Å². The maximum Gasteiger partial charge on any atom is 0.236 e. The molecule has 0 bridgehead atoms. The number of nitrogens with zero attached hydrogens (tertiary/aromatic N) is 2. The predicted molar refractivity (Wildman–Crippen MR) is 65.4 cm³/mol. The third-order valence-electron chi connectivity index (χ3n) is 2.07. The molecule has 0 unspecified atom stereocenters. The Labute approximate surface area is 102 Å². The highest BCUT2D eigenvalue weighted by Gasteiger charge is 2.08. The number of hydrogen-bond acceptors (Lipinski definition) is 4. The number of aryl methyl sites for hydroxylation is 1. The van der Waals surface area contributed by atoms with E-state index < -0.39 is 0 Å². The van der Waals surface area contributed by atoms with Crippen LogP contribution in [0.25, 0.3) is 0 Å². The van der Waals surface area contributed by atoms with Crippen LogP contribution in [0.3, 0.4) is 0 Å². The van der Waals surface area contributed by atoms with Crippen molar-refractivity contribution >= 4 is 21.6 Å². The minimum atomic E-state index is 0.455. The molecule has 0 amide bonds. The minimum Gasteiger partial charge on any atom is -0.435 e. The van der Waals surface area contributed by atoms with Crippen LogP contribution in [0.1, 0.15) is 5.56 Å². The van der Waals surface area contributed by atoms with Gasteiger partial charge < -0.3 is 10.5 Å². The normalized spacial score (nSPS) is 10.1. The van der Waals surface area contributed by atoms with Gasteiger partial charge in [-0.2, -0.15) is 0 Å². The molecule has 0 aliphatic heterocycles. The van der Waals surface area contributed by atoms with Gasteiger partial charge in [-0.25, -0.2) is 9.97 Å². The fourth-order valence-electron chi connectivity index (χ4n) is 1.29. The fourth-order valence-corrected chi connectivity index (χ4v) is 1.59. The molecule has 0 saturated carbocycles. The van der Waals surface area contributed by atoms with E-state index in [9.17, 15) is 0 Å². The number of nitrogens with two attached hydrogens (primary N) is 1. The molecule has 5 heteroatoms. The van der Waals surface area contributed by atoms with E-state index >= 15 is 0 Å². The zero-order chi connectivity index (χ0) is 11.5. The monoisotopic (exact) mass is 279 g/mol. The summed E-state index contributed by atoms with van der Waals surface area (Å²) in [6.07, 6.45) is 3.05. The second kappa shape index (κ2) is 4.49. The van der Waals surface area contributed by atoms with E-state index in [-0.39, 0.29) is 0 Å². The van der Waals surface area contributed by atoms with Crippen molar-refractivity contribution in [2.75, 3.05) is 5.73 Å². The van der Waals surface area contributed by atoms with Crippen LogP contribution in [0.4, 0.5) is 5.69 Å². The number of benzene rings is 1. The fraction of sp³-hybridized carbons (Fsp3) is 0.0909. The molecular weight excluding hydrogens is 270 g/mol. The molecule has 2 N–H and O–H groups in total. The lowest BCUT2D eigenvalue weighted by molar-refractivity contribution is 0.457. The highest BCUT2D eigenvalue weighted by Crippen LogP contribution is 2.32. The second-order valence-electron chi connectivity index (χ2n) is 3.27. The Bertz CT molecular complexity index is 496. The lowest BCUT2D eigenvalue weighted by atomic mass is 10.2. The summed E-state index contributed by atoms with van der Waals surface area (Å²) in [5.41, 5.74) is 7.39. The van der Waals surface area contributed by atoms with E-state index in [2.05, 4.69) is 25.9 Å². The molecule has 2 aromatic rings. The van der Waals surface area contributed by atoms with Crippen molar-refractivity contribution in [2.45, 2.75) is 6.92 Å². The summed E-state index contributed by atoms with van der Waals surface area (Å²) in [5, 5.41) is 0. The quantitative estimate of drug-likeness (QED) is 0.859. The number of para-hydroxylation sites is 1. The number of aromatic nitrogens is 2. The van der Waals surface area contributed by atoms with Crippen molar-refractivity contribution in [1.82, 2.24) is 9.97 Å². The third kappa shape index (κ3) is 2.14. The standard InChI is InChI=1S/C11H10BrN3O/c1-7-3-2-4-9(13)10(7)16-11-8(12)5-14-6-15-11/h2-6H,13H2,1H3. The first-order chi connectivity index (χ1) is 7.68. The van der Waals surface area contributed by atoms with Crippen molar-refractivity contribution in [3.05, 3.63) is 40.8 Å². The molecule has 0 fully saturated rings. The van der Waals surface area contributed by atoms with Gasteiger partial charge in [-0.1, -0.05) is 12.1 Å². The lowest BCUT2D eigenvalue weighted by Crippen LogP contribution is -1.96. The van der Waals surface area contributed by atoms with Gasteiger partial charge in [0.1, 0.15) is 6.33 Å². The van der Waals surface area contributed by atoms with Crippen molar-refractivity contribution in [3.63, 3.8) is 0 Å². The van der Waals surface area contributed by atoms with E-state index in [1.54, 1.807) is 12.3 Å². The molecule has 82 valence electrons. The van der Waals surface area contributed by atoms with E-state index in [0.717, 1.165) is 5.56 Å².